The van der Waals surface area contributed by atoms with E-state index in [0.29, 0.717) is 6.42 Å². The van der Waals surface area contributed by atoms with Crippen molar-refractivity contribution in [3.63, 3.8) is 0 Å². The van der Waals surface area contributed by atoms with Crippen LogP contribution in [0.1, 0.15) is 41.0 Å². The average Bonchev–Trinajstić information content (AvgIpc) is 1.79. The molecule has 0 bridgehead atoms. The van der Waals surface area contributed by atoms with Gasteiger partial charge in [-0.1, -0.05) is 20.8 Å². The van der Waals surface area contributed by atoms with Gasteiger partial charge in [0.15, 0.2) is 0 Å². The zero-order chi connectivity index (χ0) is 10.3. The number of ether oxygens (including phenoxy) is 2. The molecule has 1 saturated heterocycles. The van der Waals surface area contributed by atoms with E-state index < -0.39 is 11.9 Å². The van der Waals surface area contributed by atoms with Gasteiger partial charge in [-0.2, -0.15) is 0 Å². The second kappa shape index (κ2) is 2.98. The summed E-state index contributed by atoms with van der Waals surface area (Å²) < 4.78 is 10.8. The van der Waals surface area contributed by atoms with Gasteiger partial charge in [-0.15, -0.1) is 0 Å². The molecule has 1 aliphatic rings. The van der Waals surface area contributed by atoms with Gasteiger partial charge in [-0.05, 0) is 13.8 Å². The van der Waals surface area contributed by atoms with Crippen molar-refractivity contribution >= 4 is 5.97 Å². The molecule has 0 radical (unpaired) electrons. The number of hydrogen-bond acceptors (Lipinski definition) is 3. The van der Waals surface area contributed by atoms with Crippen LogP contribution >= 0.6 is 0 Å². The van der Waals surface area contributed by atoms with E-state index in [9.17, 15) is 4.79 Å². The molecule has 0 amide bonds. The van der Waals surface area contributed by atoms with Crippen LogP contribution in [0.25, 0.3) is 0 Å². The van der Waals surface area contributed by atoms with Gasteiger partial charge in [0.25, 0.3) is 0 Å². The zero-order valence-corrected chi connectivity index (χ0v) is 9.01. The first-order valence-electron chi connectivity index (χ1n) is 4.58. The molecule has 0 aromatic heterocycles. The van der Waals surface area contributed by atoms with Gasteiger partial charge in [0, 0.05) is 5.41 Å². The molecule has 3 heteroatoms. The Balaban J connectivity index is 2.74. The van der Waals surface area contributed by atoms with Crippen molar-refractivity contribution in [2.75, 3.05) is 0 Å². The summed E-state index contributed by atoms with van der Waals surface area (Å²) >= 11 is 0. The summed E-state index contributed by atoms with van der Waals surface area (Å²) in [5, 5.41) is 0. The van der Waals surface area contributed by atoms with Gasteiger partial charge in [-0.3, -0.25) is 4.79 Å². The first-order chi connectivity index (χ1) is 5.71. The summed E-state index contributed by atoms with van der Waals surface area (Å²) in [6.45, 7) is 9.80. The normalized spacial score (nSPS) is 28.4. The minimum Gasteiger partial charge on any atom is -0.435 e. The summed E-state index contributed by atoms with van der Waals surface area (Å²) in [5.41, 5.74) is -0.555. The van der Waals surface area contributed by atoms with E-state index in [-0.39, 0.29) is 11.4 Å². The Hall–Kier alpha value is -0.570. The second-order valence-corrected chi connectivity index (χ2v) is 5.24. The summed E-state index contributed by atoms with van der Waals surface area (Å²) in [7, 11) is 0. The average molecular weight is 186 g/mol. The molecule has 0 unspecified atom stereocenters. The molecule has 1 aliphatic heterocycles. The SMILES string of the molecule is CC1(C)CC(=O)O[C@H](C(C)(C)C)O1. The van der Waals surface area contributed by atoms with Crippen molar-refractivity contribution in [1.29, 1.82) is 0 Å². The molecule has 13 heavy (non-hydrogen) atoms. The standard InChI is InChI=1S/C10H18O3/c1-9(2,3)8-12-7(11)6-10(4,5)13-8/h8H,6H2,1-5H3/t8-/m0/s1. The van der Waals surface area contributed by atoms with Crippen LogP contribution in [0.2, 0.25) is 0 Å². The van der Waals surface area contributed by atoms with E-state index >= 15 is 0 Å². The van der Waals surface area contributed by atoms with Crippen LogP contribution in [0.4, 0.5) is 0 Å². The highest BCUT2D eigenvalue weighted by Gasteiger charge is 2.40. The Bertz CT molecular complexity index is 213. The van der Waals surface area contributed by atoms with E-state index in [1.807, 2.05) is 34.6 Å². The molecular formula is C10H18O3. The Morgan fingerprint density at radius 1 is 1.38 bits per heavy atom. The molecule has 0 aliphatic carbocycles. The number of rotatable bonds is 0. The molecule has 0 aromatic carbocycles. The third-order valence-corrected chi connectivity index (χ3v) is 1.94. The molecule has 0 spiro atoms. The Labute approximate surface area is 79.4 Å². The minimum absolute atomic E-state index is 0.159. The van der Waals surface area contributed by atoms with E-state index in [1.165, 1.54) is 0 Å². The van der Waals surface area contributed by atoms with Crippen LogP contribution in [0.3, 0.4) is 0 Å². The maximum Gasteiger partial charge on any atom is 0.311 e. The predicted molar refractivity (Wildman–Crippen MR) is 49.1 cm³/mol. The van der Waals surface area contributed by atoms with Gasteiger partial charge in [0.1, 0.15) is 0 Å². The number of carbonyl (C=O) groups excluding carboxylic acids is 1. The summed E-state index contributed by atoms with van der Waals surface area (Å²) in [5.74, 6) is -0.170. The van der Waals surface area contributed by atoms with Gasteiger partial charge < -0.3 is 9.47 Å². The van der Waals surface area contributed by atoms with Crippen molar-refractivity contribution < 1.29 is 14.3 Å². The molecule has 1 rings (SSSR count). The fourth-order valence-electron chi connectivity index (χ4n) is 1.22. The molecule has 0 aromatic rings. The van der Waals surface area contributed by atoms with Crippen LogP contribution in [-0.2, 0) is 14.3 Å². The quantitative estimate of drug-likeness (QED) is 0.543. The van der Waals surface area contributed by atoms with Crippen molar-refractivity contribution in [1.82, 2.24) is 0 Å². The third-order valence-electron chi connectivity index (χ3n) is 1.94. The van der Waals surface area contributed by atoms with Crippen molar-refractivity contribution in [2.45, 2.75) is 52.9 Å². The minimum atomic E-state index is -0.427. The Morgan fingerprint density at radius 3 is 2.31 bits per heavy atom. The number of carbonyl (C=O) groups is 1. The third kappa shape index (κ3) is 2.69. The number of esters is 1. The van der Waals surface area contributed by atoms with E-state index in [4.69, 9.17) is 9.47 Å². The molecule has 3 nitrogen and oxygen atoms in total. The van der Waals surface area contributed by atoms with Crippen LogP contribution in [0.5, 0.6) is 0 Å². The van der Waals surface area contributed by atoms with E-state index in [1.54, 1.807) is 0 Å². The fourth-order valence-corrected chi connectivity index (χ4v) is 1.22. The van der Waals surface area contributed by atoms with Gasteiger partial charge in [0.2, 0.25) is 6.29 Å². The van der Waals surface area contributed by atoms with Crippen molar-refractivity contribution in [3.05, 3.63) is 0 Å². The van der Waals surface area contributed by atoms with Crippen molar-refractivity contribution in [3.8, 4) is 0 Å². The predicted octanol–water partition coefficient (Wildman–Crippen LogP) is 2.10. The maximum absolute atomic E-state index is 11.2. The van der Waals surface area contributed by atoms with Crippen LogP contribution in [-0.4, -0.2) is 17.9 Å². The summed E-state index contributed by atoms with van der Waals surface area (Å²) in [6, 6.07) is 0. The molecular weight excluding hydrogens is 168 g/mol. The summed E-state index contributed by atoms with van der Waals surface area (Å²) in [6.07, 6.45) is -0.0942. The largest absolute Gasteiger partial charge is 0.435 e. The Kier molecular flexibility index (Phi) is 2.41. The van der Waals surface area contributed by atoms with E-state index in [2.05, 4.69) is 0 Å². The topological polar surface area (TPSA) is 35.5 Å². The van der Waals surface area contributed by atoms with Gasteiger partial charge in [0.05, 0.1) is 12.0 Å². The summed E-state index contributed by atoms with van der Waals surface area (Å²) in [4.78, 5) is 11.2. The van der Waals surface area contributed by atoms with Gasteiger partial charge >= 0.3 is 5.97 Å². The second-order valence-electron chi connectivity index (χ2n) is 5.24. The maximum atomic E-state index is 11.2. The highest BCUT2D eigenvalue weighted by atomic mass is 16.7. The zero-order valence-electron chi connectivity index (χ0n) is 9.01. The highest BCUT2D eigenvalue weighted by molar-refractivity contribution is 5.71. The van der Waals surface area contributed by atoms with Crippen molar-refractivity contribution in [2.24, 2.45) is 5.41 Å². The first-order valence-corrected chi connectivity index (χ1v) is 4.58. The number of hydrogen-bond donors (Lipinski definition) is 0. The van der Waals surface area contributed by atoms with E-state index in [0.717, 1.165) is 0 Å². The number of cyclic esters (lactones) is 1. The molecule has 1 atom stereocenters. The van der Waals surface area contributed by atoms with Crippen LogP contribution < -0.4 is 0 Å². The fraction of sp³-hybridized carbons (Fsp3) is 0.900. The Morgan fingerprint density at radius 2 is 1.92 bits per heavy atom. The highest BCUT2D eigenvalue weighted by Crippen LogP contribution is 2.33. The first kappa shape index (κ1) is 10.5. The smallest absolute Gasteiger partial charge is 0.311 e. The molecule has 1 heterocycles. The van der Waals surface area contributed by atoms with Gasteiger partial charge in [-0.25, -0.2) is 0 Å². The molecule has 0 saturated carbocycles. The van der Waals surface area contributed by atoms with Crippen LogP contribution in [0, 0.1) is 5.41 Å². The monoisotopic (exact) mass is 186 g/mol. The molecule has 1 fully saturated rings. The lowest BCUT2D eigenvalue weighted by Gasteiger charge is -2.40. The van der Waals surface area contributed by atoms with Crippen LogP contribution in [0.15, 0.2) is 0 Å². The lowest BCUT2D eigenvalue weighted by molar-refractivity contribution is -0.264. The lowest BCUT2D eigenvalue weighted by Crippen LogP contribution is -2.47. The molecule has 0 N–H and O–H groups in total. The lowest BCUT2D eigenvalue weighted by atomic mass is 9.93. The molecule has 76 valence electrons.